The Kier molecular flexibility index (Phi) is 28.0. The molecule has 4 amide bonds. The third-order valence-corrected chi connectivity index (χ3v) is 17.9. The third kappa shape index (κ3) is 21.7. The maximum Gasteiger partial charge on any atom is 0.268 e. The first-order valence-electron chi connectivity index (χ1n) is 31.9. The maximum absolute atomic E-state index is 14.3. The van der Waals surface area contributed by atoms with E-state index in [9.17, 15) is 72.0 Å². The number of anilines is 4. The van der Waals surface area contributed by atoms with Crippen molar-refractivity contribution < 1.29 is 52.8 Å². The summed E-state index contributed by atoms with van der Waals surface area (Å²) in [6.45, 7) is 10.0. The first-order valence-corrected chi connectivity index (χ1v) is 36.1. The van der Waals surface area contributed by atoms with E-state index < -0.39 is 115 Å². The Bertz CT molecular complexity index is 5360. The molecule has 0 aliphatic carbocycles. The summed E-state index contributed by atoms with van der Waals surface area (Å²) in [5, 5.41) is 81.0. The van der Waals surface area contributed by atoms with Crippen LogP contribution in [0.4, 0.5) is 35.9 Å². The van der Waals surface area contributed by atoms with Crippen molar-refractivity contribution in [2.24, 2.45) is 40.9 Å². The SMILES string of the molecule is CC(C)Sc1nc(O)c(C(=O)Nc2c(F)cc(C3=CCN=N3)cc2F)c(=O)[nH]1.CC(C)Sc1nc(O)c(C(=O)Nc2ccc(C3=CCN=N3)c(F)c2)c(=O)[nH]1.CN(C)CCSc1nc(O)c(C(=O)Nc2ccc(C3=CCN=N3)cc2)c(=O)[nH]1.O=C(Nc1c(Cl)cc(C2=CCN=N2)cc1Cl)c1c(O)nc(CS)[nH]c1=O. The zero-order valence-electron chi connectivity index (χ0n) is 57.7. The van der Waals surface area contributed by atoms with Crippen LogP contribution >= 0.6 is 71.1 Å². The highest BCUT2D eigenvalue weighted by Gasteiger charge is 2.27. The van der Waals surface area contributed by atoms with Crippen LogP contribution in [0.2, 0.25) is 10.0 Å². The monoisotopic (exact) mass is 1610 g/mol. The summed E-state index contributed by atoms with van der Waals surface area (Å²) in [5.74, 6) is -8.38. The molecule has 0 bridgehead atoms. The molecule has 0 fully saturated rings. The molecule has 42 heteroatoms. The van der Waals surface area contributed by atoms with Crippen molar-refractivity contribution in [1.29, 1.82) is 0 Å². The van der Waals surface area contributed by atoms with Crippen LogP contribution in [-0.2, 0) is 5.75 Å². The van der Waals surface area contributed by atoms with Gasteiger partial charge in [0.15, 0.2) is 37.7 Å². The second kappa shape index (κ2) is 37.4. The number of amides is 4. The number of H-pyrrole nitrogens is 4. The topological polar surface area (TPSA) is 482 Å². The largest absolute Gasteiger partial charge is 0.493 e. The predicted octanol–water partition coefficient (Wildman–Crippen LogP) is 11.9. The third-order valence-electron chi connectivity index (χ3n) is 14.4. The second-order valence-corrected chi connectivity index (χ2v) is 28.7. The number of aromatic hydroxyl groups is 4. The molecule has 12 N–H and O–H groups in total. The van der Waals surface area contributed by atoms with Crippen molar-refractivity contribution in [3.8, 4) is 23.5 Å². The maximum atomic E-state index is 14.3. The summed E-state index contributed by atoms with van der Waals surface area (Å²) in [5.41, 5.74) is -1.49. The highest BCUT2D eigenvalue weighted by molar-refractivity contribution is 8.00. The molecule has 4 aliphatic rings. The number of benzene rings is 4. The van der Waals surface area contributed by atoms with Gasteiger partial charge < -0.3 is 66.5 Å². The van der Waals surface area contributed by atoms with Crippen molar-refractivity contribution in [2.75, 3.05) is 73.8 Å². The molecule has 8 heterocycles. The van der Waals surface area contributed by atoms with Gasteiger partial charge in [0.1, 0.15) is 29.0 Å². The highest BCUT2D eigenvalue weighted by Crippen LogP contribution is 2.37. The first-order chi connectivity index (χ1) is 51.9. The van der Waals surface area contributed by atoms with Crippen molar-refractivity contribution in [3.05, 3.63) is 210 Å². The molecule has 0 atom stereocenters. The van der Waals surface area contributed by atoms with Crippen LogP contribution in [0, 0.1) is 17.5 Å². The average molecular weight is 1610 g/mol. The van der Waals surface area contributed by atoms with E-state index in [1.165, 1.54) is 47.4 Å². The number of thiol groups is 1. The highest BCUT2D eigenvalue weighted by atomic mass is 35.5. The predicted molar refractivity (Wildman–Crippen MR) is 408 cm³/mol. The van der Waals surface area contributed by atoms with Crippen LogP contribution in [0.3, 0.4) is 0 Å². The number of nitrogens with one attached hydrogen (secondary N) is 8. The lowest BCUT2D eigenvalue weighted by Gasteiger charge is -2.11. The molecule has 0 radical (unpaired) electrons. The van der Waals surface area contributed by atoms with Gasteiger partial charge in [-0.25, -0.2) is 13.2 Å². The van der Waals surface area contributed by atoms with E-state index >= 15 is 0 Å². The molecular formula is C67H62Cl2F3N21O12S4. The van der Waals surface area contributed by atoms with E-state index in [1.807, 2.05) is 58.1 Å². The average Bonchev–Trinajstić information content (AvgIpc) is 1.78. The first kappa shape index (κ1) is 81.6. The lowest BCUT2D eigenvalue weighted by atomic mass is 10.1. The summed E-state index contributed by atoms with van der Waals surface area (Å²) in [6.07, 6.45) is 6.96. The number of aromatic amines is 4. The number of thioether (sulfide) groups is 3. The van der Waals surface area contributed by atoms with Gasteiger partial charge in [0.25, 0.3) is 45.9 Å². The number of rotatable bonds is 21. The van der Waals surface area contributed by atoms with Crippen molar-refractivity contribution >= 4 is 140 Å². The van der Waals surface area contributed by atoms with Gasteiger partial charge in [-0.3, -0.25) is 38.4 Å². The normalized spacial score (nSPS) is 13.1. The minimum Gasteiger partial charge on any atom is -0.493 e. The number of carbonyl (C=O) groups excluding carboxylic acids is 4. The Morgan fingerprint density at radius 1 is 0.495 bits per heavy atom. The van der Waals surface area contributed by atoms with E-state index in [0.29, 0.717) is 60.3 Å². The van der Waals surface area contributed by atoms with Crippen LogP contribution in [0.1, 0.15) is 97.2 Å². The Morgan fingerprint density at radius 2 is 0.881 bits per heavy atom. The van der Waals surface area contributed by atoms with Crippen molar-refractivity contribution in [1.82, 2.24) is 44.8 Å². The molecule has 0 unspecified atom stereocenters. The van der Waals surface area contributed by atoms with Crippen LogP contribution in [0.15, 0.2) is 167 Å². The zero-order valence-corrected chi connectivity index (χ0v) is 62.6. The minimum absolute atomic E-state index is 0.0680. The molecule has 12 rings (SSSR count). The van der Waals surface area contributed by atoms with Crippen LogP contribution in [-0.4, -0.2) is 152 Å². The Balaban J connectivity index is 0.000000168. The number of hydrogen-bond donors (Lipinski definition) is 13. The summed E-state index contributed by atoms with van der Waals surface area (Å²) in [7, 11) is 3.87. The summed E-state index contributed by atoms with van der Waals surface area (Å²) < 4.78 is 42.9. The fourth-order valence-corrected chi connectivity index (χ4v) is 12.6. The molecule has 566 valence electrons. The Morgan fingerprint density at radius 3 is 1.29 bits per heavy atom. The van der Waals surface area contributed by atoms with Crippen molar-refractivity contribution in [3.63, 3.8) is 0 Å². The van der Waals surface area contributed by atoms with Gasteiger partial charge >= 0.3 is 0 Å². The molecule has 33 nitrogen and oxygen atoms in total. The van der Waals surface area contributed by atoms with E-state index in [2.05, 4.69) is 109 Å². The quantitative estimate of drug-likeness (QED) is 0.0180. The van der Waals surface area contributed by atoms with Gasteiger partial charge in [-0.1, -0.05) is 98.3 Å². The molecule has 0 saturated heterocycles. The van der Waals surface area contributed by atoms with Gasteiger partial charge in [-0.2, -0.15) is 73.5 Å². The van der Waals surface area contributed by atoms with Crippen LogP contribution in [0.25, 0.3) is 22.8 Å². The molecule has 0 saturated carbocycles. The lowest BCUT2D eigenvalue weighted by molar-refractivity contribution is 0.101. The number of azo groups is 4. The molecule has 109 heavy (non-hydrogen) atoms. The van der Waals surface area contributed by atoms with Gasteiger partial charge in [0, 0.05) is 62.2 Å². The lowest BCUT2D eigenvalue weighted by Crippen LogP contribution is -2.25. The van der Waals surface area contributed by atoms with E-state index in [0.717, 1.165) is 36.0 Å². The Labute approximate surface area is 642 Å². The van der Waals surface area contributed by atoms with Gasteiger partial charge in [0.05, 0.1) is 64.7 Å². The van der Waals surface area contributed by atoms with E-state index in [-0.39, 0.29) is 70.1 Å². The number of halogens is 5. The summed E-state index contributed by atoms with van der Waals surface area (Å²) in [4.78, 5) is 125. The van der Waals surface area contributed by atoms with Crippen LogP contribution < -0.4 is 43.5 Å². The zero-order chi connectivity index (χ0) is 78.9. The van der Waals surface area contributed by atoms with E-state index in [1.54, 1.807) is 54.6 Å². The number of aromatic nitrogens is 8. The fraction of sp³-hybridized carbons (Fsp3) is 0.224. The minimum atomic E-state index is -1.20. The van der Waals surface area contributed by atoms with Gasteiger partial charge in [0.2, 0.25) is 23.5 Å². The molecule has 4 aromatic carbocycles. The Hall–Kier alpha value is -11.4. The molecule has 4 aliphatic heterocycles. The summed E-state index contributed by atoms with van der Waals surface area (Å²) in [6, 6.07) is 16.1. The van der Waals surface area contributed by atoms with Crippen LogP contribution in [0.5, 0.6) is 23.5 Å². The second-order valence-electron chi connectivity index (χ2n) is 23.3. The number of nitrogens with zero attached hydrogens (tertiary/aromatic N) is 13. The number of carbonyl (C=O) groups is 4. The molecule has 4 aromatic heterocycles. The molecule has 8 aromatic rings. The number of hydrogen-bond acceptors (Lipinski definition) is 29. The molecular weight excluding hydrogens is 1550 g/mol. The van der Waals surface area contributed by atoms with E-state index in [4.69, 9.17) is 23.2 Å². The van der Waals surface area contributed by atoms with Gasteiger partial charge in [-0.05, 0) is 93.0 Å². The molecule has 0 spiro atoms. The van der Waals surface area contributed by atoms with Gasteiger partial charge in [-0.15, -0.1) is 0 Å². The fourth-order valence-electron chi connectivity index (χ4n) is 9.45. The standard InChI is InChI=1S/C18H20N6O3S.C17H15F2N5O3S.C17H16FN5O3S.C15H11Cl2N5O3S/c1-24(2)9-10-28-18-21-16(26)14(17(27)22-18)15(25)20-12-5-3-11(4-6-12)13-7-8-19-23-13;1-7(2)28-17-22-15(26)12(16(27)23-17)14(25)21-13-9(18)5-8(6-10(13)19)11-3-4-20-24-11;1-8(2)27-17-21-15(25)13(16(26)22-17)14(24)20-9-3-4-10(11(18)7-9)12-5-6-19-23-12;16-7-3-6(9-1-2-18-22-9)4-8(17)12(7)21-15(25)11-13(23)19-10(5-26)20-14(11)24/h3-7H,8-10H2,1-2H3,(H,20,25)(H2,21,22,26,27);3,5-7H,4H2,1-2H3,(H,21,25)(H2,22,23,26,27);3-5,7-8H,6H2,1-2H3,(H,20,24)(H2,21,22,25,26);1,3-4,26H,2,5H2,(H,21,25)(H2,19,20,23,24). The smallest absolute Gasteiger partial charge is 0.268 e. The van der Waals surface area contributed by atoms with Crippen molar-refractivity contribution in [2.45, 2.75) is 59.4 Å². The summed E-state index contributed by atoms with van der Waals surface area (Å²) >= 11 is 20.0.